The average molecular weight is 401 g/mol. The lowest BCUT2D eigenvalue weighted by molar-refractivity contribution is 0.0954. The molecular weight excluding hydrogens is 382 g/mol. The third-order valence-electron chi connectivity index (χ3n) is 4.02. The van der Waals surface area contributed by atoms with Crippen LogP contribution < -0.4 is 10.9 Å². The predicted octanol–water partition coefficient (Wildman–Crippen LogP) is 2.02. The maximum Gasteiger partial charge on any atom is 0.273 e. The van der Waals surface area contributed by atoms with E-state index in [2.05, 4.69) is 36.0 Å². The molecule has 30 heavy (non-hydrogen) atoms. The first-order valence-corrected chi connectivity index (χ1v) is 8.99. The number of hydrazone groups is 2. The first-order valence-electron chi connectivity index (χ1n) is 8.99. The number of pyridine rings is 3. The van der Waals surface area contributed by atoms with Gasteiger partial charge in [0, 0.05) is 35.9 Å². The van der Waals surface area contributed by atoms with Crippen LogP contribution in [0.5, 0.6) is 0 Å². The van der Waals surface area contributed by atoms with Gasteiger partial charge < -0.3 is 0 Å². The quantitative estimate of drug-likeness (QED) is 0.483. The highest BCUT2D eigenvalue weighted by Gasteiger charge is 2.17. The fraction of sp³-hybridized carbons (Fsp3) is 0.0952. The van der Waals surface area contributed by atoms with E-state index in [1.165, 1.54) is 18.5 Å². The van der Waals surface area contributed by atoms with Crippen molar-refractivity contribution < 1.29 is 9.59 Å². The lowest BCUT2D eigenvalue weighted by Gasteiger charge is -2.09. The summed E-state index contributed by atoms with van der Waals surface area (Å²) < 4.78 is 0. The molecule has 150 valence electrons. The molecule has 0 saturated heterocycles. The highest BCUT2D eigenvalue weighted by Crippen LogP contribution is 2.13. The summed E-state index contributed by atoms with van der Waals surface area (Å²) in [6.07, 6.45) is 9.46. The molecule has 0 unspecified atom stereocenters. The zero-order valence-corrected chi connectivity index (χ0v) is 16.4. The van der Waals surface area contributed by atoms with Crippen LogP contribution in [-0.4, -0.2) is 39.2 Å². The van der Waals surface area contributed by atoms with Gasteiger partial charge in [0.2, 0.25) is 0 Å². The van der Waals surface area contributed by atoms with Crippen LogP contribution in [0.4, 0.5) is 0 Å². The Hall–Kier alpha value is -4.27. The zero-order valence-electron chi connectivity index (χ0n) is 16.4. The standard InChI is InChI=1S/C21H19N7O2/c1-14-18(20(29)27-24-12-16-5-3-7-22-10-16)9-19(15(2)26-14)21(30)28-25-13-17-6-4-8-23-11-17/h3-13H,1-2H3,(H,27,29)(H,28,30). The molecule has 0 saturated carbocycles. The molecule has 3 aromatic rings. The third kappa shape index (κ3) is 5.38. The monoisotopic (exact) mass is 401 g/mol. The molecule has 3 heterocycles. The molecule has 0 aromatic carbocycles. The summed E-state index contributed by atoms with van der Waals surface area (Å²) in [5.41, 5.74) is 7.79. The van der Waals surface area contributed by atoms with E-state index in [4.69, 9.17) is 0 Å². The van der Waals surface area contributed by atoms with E-state index in [1.807, 2.05) is 0 Å². The number of nitrogens with zero attached hydrogens (tertiary/aromatic N) is 5. The van der Waals surface area contributed by atoms with Gasteiger partial charge in [0.15, 0.2) is 0 Å². The fourth-order valence-electron chi connectivity index (χ4n) is 2.54. The zero-order chi connectivity index (χ0) is 21.3. The lowest BCUT2D eigenvalue weighted by Crippen LogP contribution is -2.23. The normalized spacial score (nSPS) is 11.0. The van der Waals surface area contributed by atoms with Crippen molar-refractivity contribution >= 4 is 24.2 Å². The molecule has 0 aliphatic rings. The molecule has 0 bridgehead atoms. The van der Waals surface area contributed by atoms with Gasteiger partial charge in [-0.2, -0.15) is 10.2 Å². The minimum Gasteiger partial charge on any atom is -0.267 e. The average Bonchev–Trinajstić information content (AvgIpc) is 2.75. The summed E-state index contributed by atoms with van der Waals surface area (Å²) in [6, 6.07) is 8.60. The van der Waals surface area contributed by atoms with E-state index in [0.717, 1.165) is 11.1 Å². The number of carbonyl (C=O) groups is 2. The van der Waals surface area contributed by atoms with Gasteiger partial charge in [-0.25, -0.2) is 10.9 Å². The molecule has 0 aliphatic heterocycles. The molecule has 0 spiro atoms. The molecule has 9 nitrogen and oxygen atoms in total. The molecule has 0 atom stereocenters. The van der Waals surface area contributed by atoms with Crippen LogP contribution >= 0.6 is 0 Å². The first-order chi connectivity index (χ1) is 14.5. The summed E-state index contributed by atoms with van der Waals surface area (Å²) in [5, 5.41) is 7.83. The Kier molecular flexibility index (Phi) is 6.67. The van der Waals surface area contributed by atoms with Crippen LogP contribution in [0.3, 0.4) is 0 Å². The predicted molar refractivity (Wildman–Crippen MR) is 112 cm³/mol. The highest BCUT2D eigenvalue weighted by molar-refractivity contribution is 6.01. The summed E-state index contributed by atoms with van der Waals surface area (Å²) in [5.74, 6) is -0.957. The van der Waals surface area contributed by atoms with Crippen molar-refractivity contribution in [1.29, 1.82) is 0 Å². The molecule has 0 aliphatic carbocycles. The van der Waals surface area contributed by atoms with E-state index in [9.17, 15) is 9.59 Å². The second kappa shape index (κ2) is 9.78. The van der Waals surface area contributed by atoms with E-state index in [0.29, 0.717) is 11.4 Å². The van der Waals surface area contributed by atoms with Crippen molar-refractivity contribution in [3.63, 3.8) is 0 Å². The molecular formula is C21H19N7O2. The van der Waals surface area contributed by atoms with Crippen LogP contribution in [0.2, 0.25) is 0 Å². The van der Waals surface area contributed by atoms with Gasteiger partial charge in [0.05, 0.1) is 34.9 Å². The summed E-state index contributed by atoms with van der Waals surface area (Å²) in [4.78, 5) is 37.2. The van der Waals surface area contributed by atoms with E-state index in [-0.39, 0.29) is 11.1 Å². The number of hydrogen-bond acceptors (Lipinski definition) is 7. The molecule has 9 heteroatoms. The maximum absolute atomic E-state index is 12.5. The third-order valence-corrected chi connectivity index (χ3v) is 4.02. The van der Waals surface area contributed by atoms with Gasteiger partial charge in [-0.05, 0) is 32.0 Å². The molecule has 2 N–H and O–H groups in total. The van der Waals surface area contributed by atoms with Crippen LogP contribution in [0.15, 0.2) is 65.3 Å². The molecule has 0 radical (unpaired) electrons. The number of nitrogens with one attached hydrogen (secondary N) is 2. The Morgan fingerprint density at radius 2 is 1.30 bits per heavy atom. The molecule has 3 rings (SSSR count). The molecule has 0 fully saturated rings. The van der Waals surface area contributed by atoms with Crippen LogP contribution in [0.25, 0.3) is 0 Å². The van der Waals surface area contributed by atoms with Crippen molar-refractivity contribution in [2.24, 2.45) is 10.2 Å². The summed E-state index contributed by atoms with van der Waals surface area (Å²) >= 11 is 0. The van der Waals surface area contributed by atoms with Crippen LogP contribution in [-0.2, 0) is 0 Å². The molecule has 2 amide bonds. The maximum atomic E-state index is 12.5. The highest BCUT2D eigenvalue weighted by atomic mass is 16.2. The number of carbonyl (C=O) groups excluding carboxylic acids is 2. The van der Waals surface area contributed by atoms with Crippen molar-refractivity contribution in [2.45, 2.75) is 13.8 Å². The minimum absolute atomic E-state index is 0.241. The van der Waals surface area contributed by atoms with Crippen LogP contribution in [0, 0.1) is 13.8 Å². The largest absolute Gasteiger partial charge is 0.273 e. The smallest absolute Gasteiger partial charge is 0.267 e. The van der Waals surface area contributed by atoms with Gasteiger partial charge in [-0.15, -0.1) is 0 Å². The Morgan fingerprint density at radius 1 is 0.833 bits per heavy atom. The van der Waals surface area contributed by atoms with Gasteiger partial charge >= 0.3 is 0 Å². The number of rotatable bonds is 6. The minimum atomic E-state index is -0.479. The van der Waals surface area contributed by atoms with Gasteiger partial charge in [0.1, 0.15) is 0 Å². The van der Waals surface area contributed by atoms with E-state index < -0.39 is 11.8 Å². The van der Waals surface area contributed by atoms with Gasteiger partial charge in [0.25, 0.3) is 11.8 Å². The SMILES string of the molecule is Cc1nc(C)c(C(=O)NN=Cc2cccnc2)cc1C(=O)NN=Cc1cccnc1. The van der Waals surface area contributed by atoms with Crippen molar-refractivity contribution in [3.8, 4) is 0 Å². The first kappa shape index (κ1) is 20.5. The number of hydrogen-bond donors (Lipinski definition) is 2. The lowest BCUT2D eigenvalue weighted by atomic mass is 10.1. The van der Waals surface area contributed by atoms with Crippen molar-refractivity contribution in [2.75, 3.05) is 0 Å². The van der Waals surface area contributed by atoms with Crippen molar-refractivity contribution in [3.05, 3.63) is 88.8 Å². The Labute approximate surface area is 173 Å². The van der Waals surface area contributed by atoms with Gasteiger partial charge in [-0.3, -0.25) is 24.5 Å². The number of amides is 2. The Balaban J connectivity index is 1.71. The second-order valence-electron chi connectivity index (χ2n) is 6.23. The van der Waals surface area contributed by atoms with Crippen molar-refractivity contribution in [1.82, 2.24) is 25.8 Å². The topological polar surface area (TPSA) is 122 Å². The fourth-order valence-corrected chi connectivity index (χ4v) is 2.54. The number of aryl methyl sites for hydroxylation is 2. The Morgan fingerprint density at radius 3 is 1.70 bits per heavy atom. The van der Waals surface area contributed by atoms with Gasteiger partial charge in [-0.1, -0.05) is 12.1 Å². The molecule has 3 aromatic heterocycles. The van der Waals surface area contributed by atoms with E-state index in [1.54, 1.807) is 62.9 Å². The number of aromatic nitrogens is 3. The summed E-state index contributed by atoms with van der Waals surface area (Å²) in [7, 11) is 0. The van der Waals surface area contributed by atoms with Crippen LogP contribution in [0.1, 0.15) is 43.2 Å². The second-order valence-corrected chi connectivity index (χ2v) is 6.23. The van der Waals surface area contributed by atoms with E-state index >= 15 is 0 Å². The summed E-state index contributed by atoms with van der Waals surface area (Å²) in [6.45, 7) is 3.38. The Bertz CT molecular complexity index is 1010.